The van der Waals surface area contributed by atoms with Gasteiger partial charge in [0, 0.05) is 58.3 Å². The number of hydrogen-bond acceptors (Lipinski definition) is 25. The first-order valence-electron chi connectivity index (χ1n) is 46.6. The van der Waals surface area contributed by atoms with Crippen molar-refractivity contribution in [2.75, 3.05) is 32.8 Å². The van der Waals surface area contributed by atoms with Gasteiger partial charge in [0.1, 0.15) is 104 Å². The van der Waals surface area contributed by atoms with Gasteiger partial charge in [-0.25, -0.2) is 0 Å². The Hall–Kier alpha value is -13.8. The molecule has 3 rings (SSSR count). The van der Waals surface area contributed by atoms with Crippen LogP contribution >= 0.6 is 0 Å². The van der Waals surface area contributed by atoms with Crippen molar-refractivity contribution in [2.45, 2.75) is 341 Å². The number of aliphatic hydroxyl groups is 1. The average Bonchev–Trinajstić information content (AvgIpc) is 1.60. The van der Waals surface area contributed by atoms with Gasteiger partial charge in [-0.1, -0.05) is 74.5 Å². The number of carboxylic acids is 2. The number of carbonyl (C=O) groups excluding carboxylic acids is 21. The minimum Gasteiger partial charge on any atom is -0.481 e. The van der Waals surface area contributed by atoms with Crippen LogP contribution in [0.3, 0.4) is 0 Å². The van der Waals surface area contributed by atoms with Gasteiger partial charge in [-0.2, -0.15) is 0 Å². The lowest BCUT2D eigenvalue weighted by Gasteiger charge is -2.36. The molecule has 2 aromatic rings. The molecule has 0 unspecified atom stereocenters. The first kappa shape index (κ1) is 122. The molecule has 0 bridgehead atoms. The quantitative estimate of drug-likeness (QED) is 0.0277. The van der Waals surface area contributed by atoms with Crippen LogP contribution in [0, 0.1) is 5.92 Å². The summed E-state index contributed by atoms with van der Waals surface area (Å²) in [5.74, 6) is -22.0. The SMILES string of the molecule is CC(=O)NC(C)(C)C(=O)N[C@H](C)C(=O)NC(C)(C)C(=O)N[C@H](C)C(=O)NC(C)(C)C(=O)N[C@H](C)C(=O)N[C@@H](CCC(N)=O)C(=O)NC(C)(C)C(=O)N[C@H](Cc1ccccc1)C(=O)NC(C)(C)C(=O)NCC(=O)NC(C)(C)C(=O)NC(C)(C)C(=O)N1CCC[C@H]1C(=O)N[C@H](C(=O)NC(C)(C)C(=O)NC(C)(C)C(=O)N[C@@H](CCC(=O)O)C(=O)N[C@H](CCC(=O)O)C(=O)N[C@@H](CNCCO)Cc1ccccc1)C(C)C. The summed E-state index contributed by atoms with van der Waals surface area (Å²) < 4.78 is 0. The molecule has 48 nitrogen and oxygen atoms in total. The van der Waals surface area contributed by atoms with Crippen LogP contribution in [0.2, 0.25) is 0 Å². The Morgan fingerprint density at radius 3 is 1.19 bits per heavy atom. The second-order valence-electron chi connectivity index (χ2n) is 40.4. The number of likely N-dealkylation sites (tertiary alicyclic amines) is 1. The van der Waals surface area contributed by atoms with Crippen LogP contribution < -0.4 is 112 Å². The van der Waals surface area contributed by atoms with E-state index >= 15 is 0 Å². The minimum atomic E-state index is -1.95. The van der Waals surface area contributed by atoms with Gasteiger partial charge in [0.15, 0.2) is 0 Å². The Bertz CT molecular complexity index is 4940. The zero-order valence-electron chi connectivity index (χ0n) is 85.5. The Morgan fingerprint density at radius 1 is 0.380 bits per heavy atom. The molecule has 0 saturated carbocycles. The summed E-state index contributed by atoms with van der Waals surface area (Å²) in [5, 5.41) is 79.5. The highest BCUT2D eigenvalue weighted by Gasteiger charge is 2.48. The Labute approximate surface area is 826 Å². The van der Waals surface area contributed by atoms with E-state index in [1.807, 2.05) is 12.1 Å². The van der Waals surface area contributed by atoms with Gasteiger partial charge in [-0.3, -0.25) is 110 Å². The van der Waals surface area contributed by atoms with Crippen molar-refractivity contribution in [3.05, 3.63) is 71.8 Å². The van der Waals surface area contributed by atoms with Gasteiger partial charge >= 0.3 is 11.9 Å². The maximum absolute atomic E-state index is 14.5. The number of nitrogens with two attached hydrogens (primary N) is 1. The molecular formula is C94H148N22O26. The third-order valence-corrected chi connectivity index (χ3v) is 22.9. The normalized spacial score (nSPS) is 15.0. The van der Waals surface area contributed by atoms with E-state index in [2.05, 4.69) is 106 Å². The van der Waals surface area contributed by atoms with Gasteiger partial charge < -0.3 is 132 Å². The predicted molar refractivity (Wildman–Crippen MR) is 515 cm³/mol. The van der Waals surface area contributed by atoms with Crippen molar-refractivity contribution >= 4 is 136 Å². The van der Waals surface area contributed by atoms with E-state index in [1.54, 1.807) is 62.4 Å². The summed E-state index contributed by atoms with van der Waals surface area (Å²) in [6.07, 6.45) is -2.72. The zero-order valence-corrected chi connectivity index (χ0v) is 85.5. The number of hydrogen-bond donors (Lipinski definition) is 24. The molecule has 1 aliphatic heterocycles. The average molecular weight is 2000 g/mol. The topological polar surface area (TPSA) is 723 Å². The van der Waals surface area contributed by atoms with Crippen molar-refractivity contribution in [3.8, 4) is 0 Å². The molecular weight excluding hydrogens is 1850 g/mol. The Balaban J connectivity index is 1.68. The summed E-state index contributed by atoms with van der Waals surface area (Å²) >= 11 is 0. The van der Waals surface area contributed by atoms with E-state index in [4.69, 9.17) is 5.73 Å². The van der Waals surface area contributed by atoms with Gasteiger partial charge in [-0.05, 0) is 201 Å². The van der Waals surface area contributed by atoms with Gasteiger partial charge in [0.05, 0.1) is 13.2 Å². The van der Waals surface area contributed by atoms with E-state index in [-0.39, 0.29) is 51.9 Å². The summed E-state index contributed by atoms with van der Waals surface area (Å²) in [6, 6.07) is 3.68. The molecule has 142 heavy (non-hydrogen) atoms. The maximum Gasteiger partial charge on any atom is 0.303 e. The number of aliphatic carboxylic acids is 2. The van der Waals surface area contributed by atoms with Crippen molar-refractivity contribution in [1.82, 2.24) is 111 Å². The van der Waals surface area contributed by atoms with E-state index in [0.717, 1.165) is 5.56 Å². The van der Waals surface area contributed by atoms with E-state index in [9.17, 15) is 126 Å². The highest BCUT2D eigenvalue weighted by atomic mass is 16.4. The molecule has 1 heterocycles. The standard InChI is InChI=1S/C94H148N22O26/c1-50(2)67(76(133)113-93(21,22)84(141)114-91(17,18)82(139)104-59(39-42-66(123)124)72(129)103-58(38-41-65(121)122)71(128)101-57(48-96-43-45-117)46-55-32-27-25-28-33-55)106-75(132)62-36-31-44-116(62)85(142)94(23,24)115-83(140)92(19,20)108-64(120)49-97-77(134)86(7,8)112-74(131)61(47-56-34-29-26-30-35-56)105-81(138)90(15,16)111-73(130)60(37-40-63(95)119)102-68(125)51(3)98-79(136)88(11,12)109-70(127)53(5)100-80(137)89(13,14)110-69(126)52(4)99-78(135)87(9,10)107-54(6)118/h25-30,32-35,50-53,57-62,67,96,117H,31,36-49H2,1-24H3,(H2,95,119)(H,97,134)(H,98,136)(H,99,135)(H,100,137)(H,101,128)(H,102,125)(H,103,129)(H,104,139)(H,105,138)(H,106,132)(H,107,118)(H,108,120)(H,109,127)(H,110,126)(H,111,130)(H,112,131)(H,113,133)(H,114,141)(H,115,140)(H,121,122)(H,123,124)/t51-,52-,53-,57-,58-,59+,60+,61-,62+,67+/m1/s1. The number of nitrogens with one attached hydrogen (secondary N) is 20. The monoisotopic (exact) mass is 2000 g/mol. The summed E-state index contributed by atoms with van der Waals surface area (Å²) in [6.45, 7) is 31.0. The summed E-state index contributed by atoms with van der Waals surface area (Å²) in [7, 11) is 0. The van der Waals surface area contributed by atoms with Crippen LogP contribution in [-0.4, -0.2) is 299 Å². The predicted octanol–water partition coefficient (Wildman–Crippen LogP) is -4.69. The van der Waals surface area contributed by atoms with Crippen LogP contribution in [0.25, 0.3) is 0 Å². The molecule has 1 aliphatic rings. The minimum absolute atomic E-state index is 0.00783. The van der Waals surface area contributed by atoms with Gasteiger partial charge in [0.25, 0.3) is 0 Å². The molecule has 25 N–H and O–H groups in total. The third kappa shape index (κ3) is 39.3. The lowest BCUT2D eigenvalue weighted by atomic mass is 9.96. The molecule has 48 heteroatoms. The van der Waals surface area contributed by atoms with E-state index < -0.39 is 297 Å². The second-order valence-corrected chi connectivity index (χ2v) is 40.4. The fourth-order valence-corrected chi connectivity index (χ4v) is 14.0. The molecule has 10 atom stereocenters. The van der Waals surface area contributed by atoms with Crippen LogP contribution in [0.15, 0.2) is 60.7 Å². The number of benzene rings is 2. The van der Waals surface area contributed by atoms with Crippen LogP contribution in [-0.2, 0) is 123 Å². The number of primary amides is 1. The van der Waals surface area contributed by atoms with Gasteiger partial charge in [-0.15, -0.1) is 0 Å². The van der Waals surface area contributed by atoms with Crippen molar-refractivity contribution in [2.24, 2.45) is 11.7 Å². The first-order valence-corrected chi connectivity index (χ1v) is 46.6. The molecule has 1 fully saturated rings. The Morgan fingerprint density at radius 2 is 0.739 bits per heavy atom. The molecule has 0 radical (unpaired) electrons. The lowest BCUT2D eigenvalue weighted by Crippen LogP contribution is -2.66. The molecule has 2 aromatic carbocycles. The van der Waals surface area contributed by atoms with E-state index in [0.29, 0.717) is 5.56 Å². The van der Waals surface area contributed by atoms with Crippen molar-refractivity contribution < 1.29 is 126 Å². The fourth-order valence-electron chi connectivity index (χ4n) is 14.0. The van der Waals surface area contributed by atoms with Crippen LogP contribution in [0.5, 0.6) is 0 Å². The smallest absolute Gasteiger partial charge is 0.303 e. The zero-order chi connectivity index (χ0) is 109. The largest absolute Gasteiger partial charge is 0.481 e. The summed E-state index contributed by atoms with van der Waals surface area (Å²) in [4.78, 5) is 313. The molecule has 0 spiro atoms. The van der Waals surface area contributed by atoms with Gasteiger partial charge in [0.2, 0.25) is 124 Å². The van der Waals surface area contributed by atoms with E-state index in [1.165, 1.54) is 157 Å². The Kier molecular flexibility index (Phi) is 45.3. The summed E-state index contributed by atoms with van der Waals surface area (Å²) in [5.41, 5.74) is -9.38. The fraction of sp³-hybridized carbons (Fsp3) is 0.628. The highest BCUT2D eigenvalue weighted by Crippen LogP contribution is 2.25. The van der Waals surface area contributed by atoms with Crippen molar-refractivity contribution in [1.29, 1.82) is 0 Å². The number of aliphatic hydroxyl groups excluding tert-OH is 1. The highest BCUT2D eigenvalue weighted by molar-refractivity contribution is 6.05. The lowest BCUT2D eigenvalue weighted by molar-refractivity contribution is -0.146. The molecule has 0 aliphatic carbocycles. The number of amides is 21. The van der Waals surface area contributed by atoms with Crippen LogP contribution in [0.1, 0.15) is 229 Å². The van der Waals surface area contributed by atoms with Crippen LogP contribution in [0.4, 0.5) is 0 Å². The number of carboxylic acid groups (broad SMARTS) is 2. The van der Waals surface area contributed by atoms with Crippen molar-refractivity contribution in [3.63, 3.8) is 0 Å². The number of nitrogens with zero attached hydrogens (tertiary/aromatic N) is 1. The first-order chi connectivity index (χ1) is 65.2. The molecule has 1 saturated heterocycles. The number of rotatable bonds is 56. The molecule has 21 amide bonds. The molecule has 0 aromatic heterocycles. The number of carbonyl (C=O) groups is 23. The molecule has 790 valence electrons. The second kappa shape index (κ2) is 52.6. The third-order valence-electron chi connectivity index (χ3n) is 22.9. The maximum atomic E-state index is 14.5.